The smallest absolute Gasteiger partial charge is 0.167 e. The first-order valence-corrected chi connectivity index (χ1v) is 6.57. The van der Waals surface area contributed by atoms with Crippen LogP contribution in [-0.2, 0) is 12.8 Å². The number of Topliss-reactive ketones (excluding diaryl/α,β-unsaturated/α-hetero) is 1. The number of ether oxygens (including phenoxy) is 1. The number of hydrogen-bond donors (Lipinski definition) is 0. The summed E-state index contributed by atoms with van der Waals surface area (Å²) < 4.78 is 5.46. The maximum atomic E-state index is 12.3. The van der Waals surface area contributed by atoms with Crippen molar-refractivity contribution < 1.29 is 9.53 Å². The van der Waals surface area contributed by atoms with Gasteiger partial charge in [-0.3, -0.25) is 4.79 Å². The van der Waals surface area contributed by atoms with Crippen molar-refractivity contribution in [1.82, 2.24) is 0 Å². The lowest BCUT2D eigenvalue weighted by molar-refractivity contribution is 0.0993. The lowest BCUT2D eigenvalue weighted by Crippen LogP contribution is -2.04. The first-order valence-electron chi connectivity index (χ1n) is 6.57. The molecule has 0 spiro atoms. The molecule has 0 radical (unpaired) electrons. The summed E-state index contributed by atoms with van der Waals surface area (Å²) in [6.07, 6.45) is 1.36. The van der Waals surface area contributed by atoms with Gasteiger partial charge >= 0.3 is 0 Å². The highest BCUT2D eigenvalue weighted by Crippen LogP contribution is 2.26. The Morgan fingerprint density at radius 2 is 2.11 bits per heavy atom. The van der Waals surface area contributed by atoms with Crippen molar-refractivity contribution in [3.8, 4) is 5.75 Å². The molecule has 96 valence electrons. The van der Waals surface area contributed by atoms with Gasteiger partial charge in [-0.1, -0.05) is 29.8 Å². The molecule has 0 atom stereocenters. The molecular weight excluding hydrogens is 236 g/mol. The third-order valence-corrected chi connectivity index (χ3v) is 3.46. The summed E-state index contributed by atoms with van der Waals surface area (Å²) in [5.41, 5.74) is 4.19. The number of aryl methyl sites for hydroxylation is 1. The van der Waals surface area contributed by atoms with Crippen LogP contribution in [-0.4, -0.2) is 12.4 Å². The Balaban J connectivity index is 1.81. The highest BCUT2D eigenvalue weighted by molar-refractivity contribution is 5.97. The number of fused-ring (bicyclic) bond motifs is 1. The van der Waals surface area contributed by atoms with E-state index in [0.29, 0.717) is 6.42 Å². The Hall–Kier alpha value is -2.09. The maximum Gasteiger partial charge on any atom is 0.167 e. The van der Waals surface area contributed by atoms with Crippen molar-refractivity contribution in [1.29, 1.82) is 0 Å². The largest absolute Gasteiger partial charge is 0.493 e. The van der Waals surface area contributed by atoms with E-state index in [0.717, 1.165) is 35.5 Å². The van der Waals surface area contributed by atoms with Gasteiger partial charge in [0.2, 0.25) is 0 Å². The van der Waals surface area contributed by atoms with Crippen LogP contribution in [0, 0.1) is 6.92 Å². The summed E-state index contributed by atoms with van der Waals surface area (Å²) in [6, 6.07) is 13.8. The summed E-state index contributed by atoms with van der Waals surface area (Å²) >= 11 is 0. The molecule has 2 aromatic rings. The first-order chi connectivity index (χ1) is 9.22. The van der Waals surface area contributed by atoms with Crippen LogP contribution in [0.2, 0.25) is 0 Å². The van der Waals surface area contributed by atoms with Crippen molar-refractivity contribution in [2.75, 3.05) is 6.61 Å². The number of hydrogen-bond acceptors (Lipinski definition) is 2. The quantitative estimate of drug-likeness (QED) is 0.783. The van der Waals surface area contributed by atoms with Crippen LogP contribution in [0.5, 0.6) is 5.75 Å². The lowest BCUT2D eigenvalue weighted by atomic mass is 9.99. The lowest BCUT2D eigenvalue weighted by Gasteiger charge is -2.05. The molecule has 0 amide bonds. The molecule has 3 rings (SSSR count). The standard InChI is InChI=1S/C17H16O2/c1-12-3-2-4-13(9-12)10-16(18)14-5-6-17-15(11-14)7-8-19-17/h2-6,9,11H,7-8,10H2,1H3. The average molecular weight is 252 g/mol. The van der Waals surface area contributed by atoms with Gasteiger partial charge in [0.25, 0.3) is 0 Å². The second-order valence-electron chi connectivity index (χ2n) is 5.01. The third-order valence-electron chi connectivity index (χ3n) is 3.46. The minimum absolute atomic E-state index is 0.167. The van der Waals surface area contributed by atoms with Crippen LogP contribution in [0.4, 0.5) is 0 Å². The average Bonchev–Trinajstić information content (AvgIpc) is 2.85. The SMILES string of the molecule is Cc1cccc(CC(=O)c2ccc3c(c2)CCO3)c1. The van der Waals surface area contributed by atoms with Crippen LogP contribution in [0.15, 0.2) is 42.5 Å². The monoisotopic (exact) mass is 252 g/mol. The molecule has 2 nitrogen and oxygen atoms in total. The van der Waals surface area contributed by atoms with E-state index in [-0.39, 0.29) is 5.78 Å². The minimum atomic E-state index is 0.167. The van der Waals surface area contributed by atoms with Crippen LogP contribution in [0.3, 0.4) is 0 Å². The summed E-state index contributed by atoms with van der Waals surface area (Å²) in [4.78, 5) is 12.3. The van der Waals surface area contributed by atoms with Gasteiger partial charge in [0.15, 0.2) is 5.78 Å². The zero-order chi connectivity index (χ0) is 13.2. The fraction of sp³-hybridized carbons (Fsp3) is 0.235. The molecule has 1 aliphatic heterocycles. The maximum absolute atomic E-state index is 12.3. The molecule has 1 heterocycles. The predicted molar refractivity (Wildman–Crippen MR) is 74.9 cm³/mol. The second-order valence-corrected chi connectivity index (χ2v) is 5.01. The van der Waals surface area contributed by atoms with Gasteiger partial charge in [-0.15, -0.1) is 0 Å². The Bertz CT molecular complexity index is 629. The molecule has 19 heavy (non-hydrogen) atoms. The molecule has 0 aromatic heterocycles. The van der Waals surface area contributed by atoms with Crippen LogP contribution in [0.1, 0.15) is 27.0 Å². The van der Waals surface area contributed by atoms with Crippen molar-refractivity contribution in [2.24, 2.45) is 0 Å². The zero-order valence-corrected chi connectivity index (χ0v) is 11.0. The Labute approximate surface area is 113 Å². The molecule has 0 saturated carbocycles. The third kappa shape index (κ3) is 2.53. The van der Waals surface area contributed by atoms with Gasteiger partial charge in [-0.05, 0) is 36.2 Å². The molecule has 0 N–H and O–H groups in total. The van der Waals surface area contributed by atoms with Crippen LogP contribution < -0.4 is 4.74 Å². The van der Waals surface area contributed by atoms with Crippen LogP contribution >= 0.6 is 0 Å². The molecular formula is C17H16O2. The molecule has 0 unspecified atom stereocenters. The molecule has 2 aromatic carbocycles. The molecule has 0 aliphatic carbocycles. The van der Waals surface area contributed by atoms with E-state index in [4.69, 9.17) is 4.74 Å². The van der Waals surface area contributed by atoms with Gasteiger partial charge in [0.1, 0.15) is 5.75 Å². The van der Waals surface area contributed by atoms with Gasteiger partial charge < -0.3 is 4.74 Å². The molecule has 1 aliphatic rings. The number of carbonyl (C=O) groups excluding carboxylic acids is 1. The Morgan fingerprint density at radius 1 is 1.21 bits per heavy atom. The van der Waals surface area contributed by atoms with Crippen molar-refractivity contribution in [3.05, 3.63) is 64.7 Å². The van der Waals surface area contributed by atoms with Crippen molar-refractivity contribution in [2.45, 2.75) is 19.8 Å². The van der Waals surface area contributed by atoms with Crippen molar-refractivity contribution in [3.63, 3.8) is 0 Å². The van der Waals surface area contributed by atoms with Gasteiger partial charge in [0, 0.05) is 18.4 Å². The van der Waals surface area contributed by atoms with Gasteiger partial charge in [0.05, 0.1) is 6.61 Å². The second kappa shape index (κ2) is 4.88. The van der Waals surface area contributed by atoms with E-state index in [9.17, 15) is 4.79 Å². The fourth-order valence-electron chi connectivity index (χ4n) is 2.47. The number of rotatable bonds is 3. The van der Waals surface area contributed by atoms with Gasteiger partial charge in [-0.25, -0.2) is 0 Å². The van der Waals surface area contributed by atoms with E-state index in [2.05, 4.69) is 6.07 Å². The molecule has 2 heteroatoms. The fourth-order valence-corrected chi connectivity index (χ4v) is 2.47. The molecule has 0 saturated heterocycles. The number of ketones is 1. The first kappa shape index (κ1) is 12.0. The topological polar surface area (TPSA) is 26.3 Å². The summed E-state index contributed by atoms with van der Waals surface area (Å²) in [7, 11) is 0. The van der Waals surface area contributed by atoms with Gasteiger partial charge in [-0.2, -0.15) is 0 Å². The van der Waals surface area contributed by atoms with Crippen molar-refractivity contribution >= 4 is 5.78 Å². The van der Waals surface area contributed by atoms with E-state index < -0.39 is 0 Å². The number of benzene rings is 2. The Morgan fingerprint density at radius 3 is 2.95 bits per heavy atom. The Kier molecular flexibility index (Phi) is 3.08. The minimum Gasteiger partial charge on any atom is -0.493 e. The summed E-state index contributed by atoms with van der Waals surface area (Å²) in [5.74, 6) is 1.09. The highest BCUT2D eigenvalue weighted by Gasteiger charge is 2.15. The summed E-state index contributed by atoms with van der Waals surface area (Å²) in [6.45, 7) is 2.77. The van der Waals surface area contributed by atoms with E-state index in [1.165, 1.54) is 5.56 Å². The zero-order valence-electron chi connectivity index (χ0n) is 11.0. The molecule has 0 bridgehead atoms. The van der Waals surface area contributed by atoms with E-state index in [1.807, 2.05) is 43.3 Å². The highest BCUT2D eigenvalue weighted by atomic mass is 16.5. The predicted octanol–water partition coefficient (Wildman–Crippen LogP) is 3.36. The summed E-state index contributed by atoms with van der Waals surface area (Å²) in [5, 5.41) is 0. The number of carbonyl (C=O) groups is 1. The normalized spacial score (nSPS) is 12.9. The molecule has 0 fully saturated rings. The van der Waals surface area contributed by atoms with Crippen LogP contribution in [0.25, 0.3) is 0 Å². The van der Waals surface area contributed by atoms with E-state index in [1.54, 1.807) is 0 Å². The van der Waals surface area contributed by atoms with E-state index >= 15 is 0 Å².